The van der Waals surface area contributed by atoms with Gasteiger partial charge in [-0.05, 0) is 49.1 Å². The molecule has 0 aliphatic heterocycles. The van der Waals surface area contributed by atoms with Crippen LogP contribution >= 0.6 is 11.3 Å². The summed E-state index contributed by atoms with van der Waals surface area (Å²) in [7, 11) is 1.64. The van der Waals surface area contributed by atoms with Crippen LogP contribution in [0.3, 0.4) is 0 Å². The quantitative estimate of drug-likeness (QED) is 0.925. The van der Waals surface area contributed by atoms with E-state index in [1.807, 2.05) is 18.2 Å². The van der Waals surface area contributed by atoms with Gasteiger partial charge in [0.05, 0.1) is 11.8 Å². The first kappa shape index (κ1) is 14.0. The van der Waals surface area contributed by atoms with Gasteiger partial charge in [0.15, 0.2) is 5.13 Å². The molecule has 2 fully saturated rings. The Balaban J connectivity index is 1.45. The number of aromatic nitrogens is 1. The van der Waals surface area contributed by atoms with Crippen LogP contribution in [-0.4, -0.2) is 18.0 Å². The van der Waals surface area contributed by atoms with Crippen molar-refractivity contribution in [2.45, 2.75) is 32.1 Å². The first-order chi connectivity index (χ1) is 10.7. The van der Waals surface area contributed by atoms with E-state index in [4.69, 9.17) is 4.74 Å². The molecule has 2 aromatic rings. The number of nitrogens with one attached hydrogen (secondary N) is 1. The second-order valence-electron chi connectivity index (χ2n) is 6.51. The molecule has 0 spiro atoms. The van der Waals surface area contributed by atoms with Crippen molar-refractivity contribution in [3.63, 3.8) is 0 Å². The van der Waals surface area contributed by atoms with Crippen LogP contribution < -0.4 is 10.1 Å². The van der Waals surface area contributed by atoms with Crippen molar-refractivity contribution in [2.24, 2.45) is 17.8 Å². The Morgan fingerprint density at radius 1 is 1.41 bits per heavy atom. The van der Waals surface area contributed by atoms with Gasteiger partial charge in [0.2, 0.25) is 5.91 Å². The van der Waals surface area contributed by atoms with Crippen LogP contribution in [0.1, 0.15) is 32.1 Å². The Labute approximate surface area is 133 Å². The number of methoxy groups -OCH3 is 1. The van der Waals surface area contributed by atoms with E-state index in [1.54, 1.807) is 7.11 Å². The smallest absolute Gasteiger partial charge is 0.226 e. The first-order valence-electron chi connectivity index (χ1n) is 7.96. The minimum Gasteiger partial charge on any atom is -0.494 e. The topological polar surface area (TPSA) is 51.2 Å². The van der Waals surface area contributed by atoms with Gasteiger partial charge in [0.1, 0.15) is 11.3 Å². The number of hydrogen-bond donors (Lipinski definition) is 1. The lowest BCUT2D eigenvalue weighted by Gasteiger charge is -2.20. The normalized spacial score (nSPS) is 26.5. The van der Waals surface area contributed by atoms with Crippen molar-refractivity contribution >= 4 is 32.6 Å². The van der Waals surface area contributed by atoms with Crippen molar-refractivity contribution in [3.05, 3.63) is 18.2 Å². The second kappa shape index (κ2) is 5.54. The molecule has 3 atom stereocenters. The largest absolute Gasteiger partial charge is 0.494 e. The number of carbonyl (C=O) groups excluding carboxylic acids is 1. The summed E-state index contributed by atoms with van der Waals surface area (Å²) in [6.07, 6.45) is 5.93. The number of thiazole rings is 1. The van der Waals surface area contributed by atoms with Gasteiger partial charge in [-0.3, -0.25) is 4.79 Å². The minimum absolute atomic E-state index is 0.107. The van der Waals surface area contributed by atoms with Crippen molar-refractivity contribution < 1.29 is 9.53 Å². The zero-order valence-electron chi connectivity index (χ0n) is 12.7. The Morgan fingerprint density at radius 3 is 3.05 bits per heavy atom. The number of rotatable bonds is 4. The summed E-state index contributed by atoms with van der Waals surface area (Å²) in [4.78, 5) is 16.8. The molecule has 2 aliphatic carbocycles. The molecule has 5 heteroatoms. The molecular formula is C17H20N2O2S. The Hall–Kier alpha value is -1.62. The van der Waals surface area contributed by atoms with Crippen molar-refractivity contribution in [2.75, 3.05) is 12.4 Å². The molecule has 116 valence electrons. The third-order valence-corrected chi connectivity index (χ3v) is 6.12. The van der Waals surface area contributed by atoms with Crippen LogP contribution in [0.25, 0.3) is 10.2 Å². The first-order valence-corrected chi connectivity index (χ1v) is 8.78. The highest BCUT2D eigenvalue weighted by Crippen LogP contribution is 2.49. The fourth-order valence-electron chi connectivity index (χ4n) is 4.18. The average Bonchev–Trinajstić information content (AvgIpc) is 3.20. The maximum absolute atomic E-state index is 12.3. The number of para-hydroxylation sites is 1. The van der Waals surface area contributed by atoms with E-state index in [1.165, 1.54) is 37.0 Å². The van der Waals surface area contributed by atoms with Gasteiger partial charge in [-0.2, -0.15) is 0 Å². The highest BCUT2D eigenvalue weighted by molar-refractivity contribution is 7.22. The molecule has 1 aromatic carbocycles. The number of nitrogens with zero attached hydrogens (tertiary/aromatic N) is 1. The zero-order chi connectivity index (χ0) is 15.1. The van der Waals surface area contributed by atoms with E-state index >= 15 is 0 Å². The summed E-state index contributed by atoms with van der Waals surface area (Å²) >= 11 is 1.51. The lowest BCUT2D eigenvalue weighted by molar-refractivity contribution is -0.117. The molecule has 1 amide bonds. The van der Waals surface area contributed by atoms with E-state index < -0.39 is 0 Å². The van der Waals surface area contributed by atoms with E-state index in [0.29, 0.717) is 17.5 Å². The standard InChI is InChI=1S/C17H20N2O2S/c1-21-13-3-2-4-14-16(13)19-17(22-14)18-15(20)9-12-8-10-5-6-11(12)7-10/h2-4,10-12H,5-9H2,1H3,(H,18,19,20)/t10-,11-,12-/m0/s1. The molecule has 4 rings (SSSR count). The molecule has 0 unspecified atom stereocenters. The molecule has 0 radical (unpaired) electrons. The van der Waals surface area contributed by atoms with Gasteiger partial charge in [-0.15, -0.1) is 0 Å². The number of carbonyl (C=O) groups is 1. The molecule has 2 bridgehead atoms. The molecule has 1 heterocycles. The predicted octanol–water partition coefficient (Wildman–Crippen LogP) is 4.07. The van der Waals surface area contributed by atoms with Crippen molar-refractivity contribution in [1.29, 1.82) is 0 Å². The van der Waals surface area contributed by atoms with Crippen LogP contribution in [0.15, 0.2) is 18.2 Å². The molecule has 22 heavy (non-hydrogen) atoms. The molecule has 0 saturated heterocycles. The van der Waals surface area contributed by atoms with E-state index in [-0.39, 0.29) is 5.91 Å². The molecule has 2 saturated carbocycles. The molecule has 4 nitrogen and oxygen atoms in total. The van der Waals surface area contributed by atoms with Gasteiger partial charge >= 0.3 is 0 Å². The number of anilines is 1. The number of ether oxygens (including phenoxy) is 1. The molecular weight excluding hydrogens is 296 g/mol. The summed E-state index contributed by atoms with van der Waals surface area (Å²) in [5.41, 5.74) is 0.824. The summed E-state index contributed by atoms with van der Waals surface area (Å²) in [6, 6.07) is 5.84. The number of benzene rings is 1. The number of hydrogen-bond acceptors (Lipinski definition) is 4. The maximum Gasteiger partial charge on any atom is 0.226 e. The number of fused-ring (bicyclic) bond motifs is 3. The Kier molecular flexibility index (Phi) is 3.53. The van der Waals surface area contributed by atoms with Crippen molar-refractivity contribution in [1.82, 2.24) is 4.98 Å². The summed E-state index contributed by atoms with van der Waals surface area (Å²) in [6.45, 7) is 0. The summed E-state index contributed by atoms with van der Waals surface area (Å²) in [5.74, 6) is 3.11. The summed E-state index contributed by atoms with van der Waals surface area (Å²) in [5, 5.41) is 3.66. The van der Waals surface area contributed by atoms with Crippen LogP contribution in [0.2, 0.25) is 0 Å². The fourth-order valence-corrected chi connectivity index (χ4v) is 5.08. The van der Waals surface area contributed by atoms with Crippen LogP contribution in [0.4, 0.5) is 5.13 Å². The predicted molar refractivity (Wildman–Crippen MR) is 88.4 cm³/mol. The maximum atomic E-state index is 12.3. The lowest BCUT2D eigenvalue weighted by Crippen LogP contribution is -2.20. The third kappa shape index (κ3) is 2.47. The van der Waals surface area contributed by atoms with Crippen LogP contribution in [-0.2, 0) is 4.79 Å². The van der Waals surface area contributed by atoms with E-state index in [0.717, 1.165) is 27.8 Å². The van der Waals surface area contributed by atoms with Crippen LogP contribution in [0.5, 0.6) is 5.75 Å². The fraction of sp³-hybridized carbons (Fsp3) is 0.529. The van der Waals surface area contributed by atoms with Crippen LogP contribution in [0, 0.1) is 17.8 Å². The van der Waals surface area contributed by atoms with Gasteiger partial charge in [0, 0.05) is 6.42 Å². The third-order valence-electron chi connectivity index (χ3n) is 5.18. The lowest BCUT2D eigenvalue weighted by atomic mass is 9.86. The monoisotopic (exact) mass is 316 g/mol. The molecule has 1 N–H and O–H groups in total. The SMILES string of the molecule is COc1cccc2sc(NC(=O)C[C@@H]3C[C@H]4CC[C@H]3C4)nc12. The minimum atomic E-state index is 0.107. The van der Waals surface area contributed by atoms with Gasteiger partial charge in [0.25, 0.3) is 0 Å². The van der Waals surface area contributed by atoms with Gasteiger partial charge in [-0.25, -0.2) is 4.98 Å². The Bertz CT molecular complexity index is 712. The van der Waals surface area contributed by atoms with Gasteiger partial charge in [-0.1, -0.05) is 23.8 Å². The zero-order valence-corrected chi connectivity index (χ0v) is 13.5. The summed E-state index contributed by atoms with van der Waals surface area (Å²) < 4.78 is 6.35. The van der Waals surface area contributed by atoms with E-state index in [2.05, 4.69) is 10.3 Å². The van der Waals surface area contributed by atoms with Gasteiger partial charge < -0.3 is 10.1 Å². The second-order valence-corrected chi connectivity index (χ2v) is 7.54. The van der Waals surface area contributed by atoms with E-state index in [9.17, 15) is 4.79 Å². The number of amides is 1. The van der Waals surface area contributed by atoms with Crippen molar-refractivity contribution in [3.8, 4) is 5.75 Å². The Morgan fingerprint density at radius 2 is 2.32 bits per heavy atom. The molecule has 2 aliphatic rings. The highest BCUT2D eigenvalue weighted by atomic mass is 32.1. The highest BCUT2D eigenvalue weighted by Gasteiger charge is 2.40. The molecule has 1 aromatic heterocycles. The average molecular weight is 316 g/mol.